The SMILES string of the molecule is CCNCc1c(N(C)Cc2ccsc2)nc2sccn12. The molecule has 106 valence electrons. The van der Waals surface area contributed by atoms with Gasteiger partial charge in [-0.2, -0.15) is 11.3 Å². The van der Waals surface area contributed by atoms with Gasteiger partial charge in [-0.05, 0) is 28.9 Å². The first kappa shape index (κ1) is 13.6. The van der Waals surface area contributed by atoms with Crippen molar-refractivity contribution in [2.45, 2.75) is 20.0 Å². The molecule has 3 aromatic heterocycles. The first-order valence-electron chi connectivity index (χ1n) is 6.67. The van der Waals surface area contributed by atoms with Crippen molar-refractivity contribution < 1.29 is 0 Å². The number of aromatic nitrogens is 2. The second-order valence-corrected chi connectivity index (χ2v) is 6.36. The van der Waals surface area contributed by atoms with Gasteiger partial charge in [0.25, 0.3) is 0 Å². The van der Waals surface area contributed by atoms with Crippen LogP contribution in [0.4, 0.5) is 5.82 Å². The van der Waals surface area contributed by atoms with Crippen LogP contribution in [0.5, 0.6) is 0 Å². The minimum atomic E-state index is 0.845. The normalized spacial score (nSPS) is 11.3. The summed E-state index contributed by atoms with van der Waals surface area (Å²) in [5.41, 5.74) is 2.57. The molecule has 6 heteroatoms. The van der Waals surface area contributed by atoms with E-state index in [9.17, 15) is 0 Å². The van der Waals surface area contributed by atoms with Crippen molar-refractivity contribution in [1.29, 1.82) is 0 Å². The van der Waals surface area contributed by atoms with E-state index in [0.717, 1.165) is 30.4 Å². The third-order valence-electron chi connectivity index (χ3n) is 3.24. The van der Waals surface area contributed by atoms with Gasteiger partial charge in [0.2, 0.25) is 0 Å². The summed E-state index contributed by atoms with van der Waals surface area (Å²) in [4.78, 5) is 8.07. The van der Waals surface area contributed by atoms with Gasteiger partial charge in [0, 0.05) is 31.7 Å². The first-order valence-corrected chi connectivity index (χ1v) is 8.49. The summed E-state index contributed by atoms with van der Waals surface area (Å²) in [5.74, 6) is 1.07. The minimum Gasteiger partial charge on any atom is -0.354 e. The van der Waals surface area contributed by atoms with Crippen molar-refractivity contribution >= 4 is 33.5 Å². The molecule has 1 N–H and O–H groups in total. The molecule has 0 aliphatic heterocycles. The van der Waals surface area contributed by atoms with Gasteiger partial charge in [0.1, 0.15) is 0 Å². The molecule has 0 amide bonds. The minimum absolute atomic E-state index is 0.845. The van der Waals surface area contributed by atoms with Gasteiger partial charge in [0.05, 0.1) is 5.69 Å². The van der Waals surface area contributed by atoms with E-state index in [0.29, 0.717) is 0 Å². The molecular weight excluding hydrogens is 288 g/mol. The Hall–Kier alpha value is -1.37. The largest absolute Gasteiger partial charge is 0.354 e. The summed E-state index contributed by atoms with van der Waals surface area (Å²) < 4.78 is 2.19. The number of nitrogens with zero attached hydrogens (tertiary/aromatic N) is 3. The summed E-state index contributed by atoms with van der Waals surface area (Å²) in [6, 6.07) is 2.17. The maximum absolute atomic E-state index is 4.78. The second-order valence-electron chi connectivity index (χ2n) is 4.71. The number of nitrogens with one attached hydrogen (secondary N) is 1. The average molecular weight is 306 g/mol. The third-order valence-corrected chi connectivity index (χ3v) is 4.73. The van der Waals surface area contributed by atoms with Crippen LogP contribution in [0, 0.1) is 0 Å². The van der Waals surface area contributed by atoms with Gasteiger partial charge in [-0.1, -0.05) is 6.92 Å². The molecule has 0 aromatic carbocycles. The van der Waals surface area contributed by atoms with E-state index in [4.69, 9.17) is 4.98 Å². The fourth-order valence-corrected chi connectivity index (χ4v) is 3.65. The highest BCUT2D eigenvalue weighted by Crippen LogP contribution is 2.25. The summed E-state index contributed by atoms with van der Waals surface area (Å²) in [5, 5.41) is 9.80. The Labute approximate surface area is 126 Å². The summed E-state index contributed by atoms with van der Waals surface area (Å²) in [6.07, 6.45) is 2.10. The Morgan fingerprint density at radius 2 is 2.30 bits per heavy atom. The lowest BCUT2D eigenvalue weighted by Gasteiger charge is -2.18. The van der Waals surface area contributed by atoms with Crippen LogP contribution in [0.1, 0.15) is 18.2 Å². The first-order chi connectivity index (χ1) is 9.79. The molecule has 0 atom stereocenters. The van der Waals surface area contributed by atoms with E-state index in [-0.39, 0.29) is 0 Å². The van der Waals surface area contributed by atoms with E-state index in [1.54, 1.807) is 22.7 Å². The van der Waals surface area contributed by atoms with Gasteiger partial charge < -0.3 is 10.2 Å². The molecule has 0 fully saturated rings. The van der Waals surface area contributed by atoms with Gasteiger partial charge in [-0.3, -0.25) is 4.40 Å². The Morgan fingerprint density at radius 3 is 3.05 bits per heavy atom. The summed E-state index contributed by atoms with van der Waals surface area (Å²) >= 11 is 3.42. The zero-order valence-corrected chi connectivity index (χ0v) is 13.3. The van der Waals surface area contributed by atoms with Gasteiger partial charge >= 0.3 is 0 Å². The molecule has 3 aromatic rings. The molecule has 0 saturated heterocycles. The highest BCUT2D eigenvalue weighted by atomic mass is 32.1. The monoisotopic (exact) mass is 306 g/mol. The summed E-state index contributed by atoms with van der Waals surface area (Å²) in [7, 11) is 2.11. The van der Waals surface area contributed by atoms with E-state index in [2.05, 4.69) is 57.0 Å². The van der Waals surface area contributed by atoms with Crippen LogP contribution in [-0.4, -0.2) is 23.0 Å². The quantitative estimate of drug-likeness (QED) is 0.759. The number of thiophene rings is 1. The van der Waals surface area contributed by atoms with Crippen molar-refractivity contribution in [1.82, 2.24) is 14.7 Å². The lowest BCUT2D eigenvalue weighted by Crippen LogP contribution is -2.21. The van der Waals surface area contributed by atoms with Crippen molar-refractivity contribution in [2.24, 2.45) is 0 Å². The van der Waals surface area contributed by atoms with Crippen LogP contribution in [-0.2, 0) is 13.1 Å². The molecule has 0 aliphatic rings. The molecule has 4 nitrogen and oxygen atoms in total. The fourth-order valence-electron chi connectivity index (χ4n) is 2.27. The van der Waals surface area contributed by atoms with Crippen molar-refractivity contribution in [3.63, 3.8) is 0 Å². The fraction of sp³-hybridized carbons (Fsp3) is 0.357. The second kappa shape index (κ2) is 5.95. The van der Waals surface area contributed by atoms with Gasteiger partial charge in [-0.25, -0.2) is 4.98 Å². The molecule has 0 unspecified atom stereocenters. The highest BCUT2D eigenvalue weighted by molar-refractivity contribution is 7.15. The Bertz CT molecular complexity index is 669. The molecule has 0 aliphatic carbocycles. The number of anilines is 1. The number of hydrogen-bond donors (Lipinski definition) is 1. The maximum Gasteiger partial charge on any atom is 0.195 e. The average Bonchev–Trinajstić information content (AvgIpc) is 3.12. The number of fused-ring (bicyclic) bond motifs is 1. The van der Waals surface area contributed by atoms with E-state index in [1.807, 2.05) is 0 Å². The van der Waals surface area contributed by atoms with Crippen LogP contribution in [0.15, 0.2) is 28.4 Å². The Morgan fingerprint density at radius 1 is 1.40 bits per heavy atom. The van der Waals surface area contributed by atoms with Crippen molar-refractivity contribution in [3.05, 3.63) is 39.7 Å². The molecule has 0 saturated carbocycles. The van der Waals surface area contributed by atoms with Crippen molar-refractivity contribution in [2.75, 3.05) is 18.5 Å². The lowest BCUT2D eigenvalue weighted by atomic mass is 10.3. The molecular formula is C14H18N4S2. The van der Waals surface area contributed by atoms with E-state index >= 15 is 0 Å². The topological polar surface area (TPSA) is 32.6 Å². The summed E-state index contributed by atoms with van der Waals surface area (Å²) in [6.45, 7) is 4.83. The van der Waals surface area contributed by atoms with Crippen LogP contribution < -0.4 is 10.2 Å². The zero-order valence-electron chi connectivity index (χ0n) is 11.7. The molecule has 3 heterocycles. The predicted molar refractivity (Wildman–Crippen MR) is 86.9 cm³/mol. The number of rotatable bonds is 6. The third kappa shape index (κ3) is 2.59. The number of imidazole rings is 1. The number of thiazole rings is 1. The molecule has 20 heavy (non-hydrogen) atoms. The molecule has 0 spiro atoms. The van der Waals surface area contributed by atoms with Crippen LogP contribution >= 0.6 is 22.7 Å². The smallest absolute Gasteiger partial charge is 0.195 e. The Kier molecular flexibility index (Phi) is 4.05. The van der Waals surface area contributed by atoms with Crippen molar-refractivity contribution in [3.8, 4) is 0 Å². The van der Waals surface area contributed by atoms with Crippen LogP contribution in [0.3, 0.4) is 0 Å². The van der Waals surface area contributed by atoms with E-state index in [1.165, 1.54) is 11.3 Å². The maximum atomic E-state index is 4.78. The predicted octanol–water partition coefficient (Wildman–Crippen LogP) is 3.20. The molecule has 0 bridgehead atoms. The Balaban J connectivity index is 1.90. The van der Waals surface area contributed by atoms with Gasteiger partial charge in [0.15, 0.2) is 10.8 Å². The van der Waals surface area contributed by atoms with Crippen LogP contribution in [0.25, 0.3) is 4.96 Å². The number of hydrogen-bond acceptors (Lipinski definition) is 5. The van der Waals surface area contributed by atoms with Gasteiger partial charge in [-0.15, -0.1) is 11.3 Å². The lowest BCUT2D eigenvalue weighted by molar-refractivity contribution is 0.702. The van der Waals surface area contributed by atoms with E-state index < -0.39 is 0 Å². The zero-order chi connectivity index (χ0) is 13.9. The molecule has 3 rings (SSSR count). The highest BCUT2D eigenvalue weighted by Gasteiger charge is 2.16. The molecule has 0 radical (unpaired) electrons. The van der Waals surface area contributed by atoms with Crippen LogP contribution in [0.2, 0.25) is 0 Å². The standard InChI is InChI=1S/C14H18N4S2/c1-3-15-8-12-13(16-14-18(12)5-7-20-14)17(2)9-11-4-6-19-10-11/h4-7,10,15H,3,8-9H2,1-2H3.